The molecule has 1 amide bonds. The molecule has 0 saturated carbocycles. The lowest BCUT2D eigenvalue weighted by Crippen LogP contribution is -2.34. The Balaban J connectivity index is 2.03. The highest BCUT2D eigenvalue weighted by atomic mass is 16.5. The number of amides is 1. The molecule has 126 valence electrons. The third-order valence-corrected chi connectivity index (χ3v) is 3.77. The summed E-state index contributed by atoms with van der Waals surface area (Å²) in [6.07, 6.45) is 0.364. The number of methoxy groups -OCH3 is 1. The molecule has 0 aliphatic rings. The van der Waals surface area contributed by atoms with Crippen LogP contribution in [0.5, 0.6) is 5.75 Å². The van der Waals surface area contributed by atoms with Crippen molar-refractivity contribution in [1.29, 1.82) is 0 Å². The SMILES string of the molecule is COc1ccccc1C(=O)NCC(Cc1cccc(C)c1)C(=O)O. The number of ether oxygens (including phenoxy) is 1. The lowest BCUT2D eigenvalue weighted by atomic mass is 9.98. The number of carbonyl (C=O) groups is 2. The molecule has 0 spiro atoms. The zero-order chi connectivity index (χ0) is 17.5. The van der Waals surface area contributed by atoms with Gasteiger partial charge in [0, 0.05) is 6.54 Å². The van der Waals surface area contributed by atoms with Gasteiger partial charge in [0.15, 0.2) is 0 Å². The number of hydrogen-bond donors (Lipinski definition) is 2. The third-order valence-electron chi connectivity index (χ3n) is 3.77. The molecule has 1 unspecified atom stereocenters. The summed E-state index contributed by atoms with van der Waals surface area (Å²) in [4.78, 5) is 23.8. The molecule has 0 aliphatic carbocycles. The van der Waals surface area contributed by atoms with Crippen LogP contribution in [0.1, 0.15) is 21.5 Å². The average molecular weight is 327 g/mol. The summed E-state index contributed by atoms with van der Waals surface area (Å²) in [5.41, 5.74) is 2.41. The molecule has 1 atom stereocenters. The fourth-order valence-electron chi connectivity index (χ4n) is 2.51. The maximum Gasteiger partial charge on any atom is 0.308 e. The van der Waals surface area contributed by atoms with E-state index in [1.54, 1.807) is 24.3 Å². The fourth-order valence-corrected chi connectivity index (χ4v) is 2.51. The molecule has 0 aromatic heterocycles. The maximum atomic E-state index is 12.3. The van der Waals surface area contributed by atoms with E-state index >= 15 is 0 Å². The van der Waals surface area contributed by atoms with Crippen LogP contribution in [0.2, 0.25) is 0 Å². The minimum Gasteiger partial charge on any atom is -0.496 e. The molecular weight excluding hydrogens is 306 g/mol. The highest BCUT2D eigenvalue weighted by molar-refractivity contribution is 5.97. The molecule has 2 N–H and O–H groups in total. The van der Waals surface area contributed by atoms with Crippen molar-refractivity contribution in [2.24, 2.45) is 5.92 Å². The molecule has 2 rings (SSSR count). The number of carboxylic acid groups (broad SMARTS) is 1. The Morgan fingerprint density at radius 3 is 2.58 bits per heavy atom. The first kappa shape index (κ1) is 17.5. The van der Waals surface area contributed by atoms with E-state index in [-0.39, 0.29) is 12.5 Å². The highest BCUT2D eigenvalue weighted by Gasteiger charge is 2.20. The zero-order valence-electron chi connectivity index (χ0n) is 13.8. The van der Waals surface area contributed by atoms with E-state index in [0.717, 1.165) is 11.1 Å². The van der Waals surface area contributed by atoms with Crippen LogP contribution in [0.25, 0.3) is 0 Å². The van der Waals surface area contributed by atoms with Crippen LogP contribution >= 0.6 is 0 Å². The van der Waals surface area contributed by atoms with Crippen LogP contribution in [-0.2, 0) is 11.2 Å². The molecule has 5 heteroatoms. The molecule has 0 saturated heterocycles. The molecule has 2 aromatic carbocycles. The number of para-hydroxylation sites is 1. The first-order chi connectivity index (χ1) is 11.5. The molecule has 0 radical (unpaired) electrons. The summed E-state index contributed by atoms with van der Waals surface area (Å²) in [6.45, 7) is 2.02. The van der Waals surface area contributed by atoms with Crippen molar-refractivity contribution in [3.63, 3.8) is 0 Å². The Kier molecular flexibility index (Phi) is 5.95. The number of carbonyl (C=O) groups excluding carboxylic acids is 1. The van der Waals surface area contributed by atoms with Gasteiger partial charge >= 0.3 is 5.97 Å². The lowest BCUT2D eigenvalue weighted by Gasteiger charge is -2.15. The van der Waals surface area contributed by atoms with Gasteiger partial charge in [-0.15, -0.1) is 0 Å². The van der Waals surface area contributed by atoms with Crippen LogP contribution in [0.15, 0.2) is 48.5 Å². The van der Waals surface area contributed by atoms with Gasteiger partial charge in [-0.25, -0.2) is 0 Å². The monoisotopic (exact) mass is 327 g/mol. The molecule has 5 nitrogen and oxygen atoms in total. The van der Waals surface area contributed by atoms with E-state index in [1.807, 2.05) is 31.2 Å². The molecule has 0 heterocycles. The lowest BCUT2D eigenvalue weighted by molar-refractivity contribution is -0.141. The van der Waals surface area contributed by atoms with Crippen molar-refractivity contribution in [3.05, 3.63) is 65.2 Å². The first-order valence-electron chi connectivity index (χ1n) is 7.71. The second-order valence-corrected chi connectivity index (χ2v) is 5.64. The number of aliphatic carboxylic acids is 1. The normalized spacial score (nSPS) is 11.6. The Bertz CT molecular complexity index is 727. The van der Waals surface area contributed by atoms with Gasteiger partial charge in [-0.3, -0.25) is 9.59 Å². The smallest absolute Gasteiger partial charge is 0.308 e. The minimum absolute atomic E-state index is 0.0557. The van der Waals surface area contributed by atoms with Crippen molar-refractivity contribution >= 4 is 11.9 Å². The average Bonchev–Trinajstić information content (AvgIpc) is 2.58. The van der Waals surface area contributed by atoms with E-state index in [2.05, 4.69) is 5.32 Å². The number of aryl methyl sites for hydroxylation is 1. The van der Waals surface area contributed by atoms with E-state index in [0.29, 0.717) is 17.7 Å². The summed E-state index contributed by atoms with van der Waals surface area (Å²) in [6, 6.07) is 14.6. The predicted octanol–water partition coefficient (Wildman–Crippen LogP) is 2.68. The third kappa shape index (κ3) is 4.59. The summed E-state index contributed by atoms with van der Waals surface area (Å²) in [5, 5.41) is 12.1. The van der Waals surface area contributed by atoms with Gasteiger partial charge in [0.25, 0.3) is 5.91 Å². The van der Waals surface area contributed by atoms with Crippen LogP contribution < -0.4 is 10.1 Å². The number of rotatable bonds is 7. The summed E-state index contributed by atoms with van der Waals surface area (Å²) in [5.74, 6) is -1.51. The molecule has 24 heavy (non-hydrogen) atoms. The second kappa shape index (κ2) is 8.15. The number of carboxylic acids is 1. The van der Waals surface area contributed by atoms with Crippen molar-refractivity contribution in [1.82, 2.24) is 5.32 Å². The number of nitrogens with one attached hydrogen (secondary N) is 1. The van der Waals surface area contributed by atoms with Gasteiger partial charge in [0.2, 0.25) is 0 Å². The van der Waals surface area contributed by atoms with Crippen LogP contribution in [-0.4, -0.2) is 30.6 Å². The highest BCUT2D eigenvalue weighted by Crippen LogP contribution is 2.17. The van der Waals surface area contributed by atoms with Crippen molar-refractivity contribution in [2.75, 3.05) is 13.7 Å². The minimum atomic E-state index is -0.933. The summed E-state index contributed by atoms with van der Waals surface area (Å²) in [7, 11) is 1.49. The Hall–Kier alpha value is -2.82. The van der Waals surface area contributed by atoms with E-state index in [4.69, 9.17) is 4.74 Å². The Labute approximate surface area is 141 Å². The Morgan fingerprint density at radius 1 is 1.17 bits per heavy atom. The van der Waals surface area contributed by atoms with Crippen molar-refractivity contribution < 1.29 is 19.4 Å². The van der Waals surface area contributed by atoms with Crippen molar-refractivity contribution in [2.45, 2.75) is 13.3 Å². The van der Waals surface area contributed by atoms with Gasteiger partial charge < -0.3 is 15.2 Å². The molecule has 2 aromatic rings. The largest absolute Gasteiger partial charge is 0.496 e. The zero-order valence-corrected chi connectivity index (χ0v) is 13.8. The van der Waals surface area contributed by atoms with E-state index in [9.17, 15) is 14.7 Å². The second-order valence-electron chi connectivity index (χ2n) is 5.64. The topological polar surface area (TPSA) is 75.6 Å². The predicted molar refractivity (Wildman–Crippen MR) is 91.3 cm³/mol. The number of benzene rings is 2. The van der Waals surface area contributed by atoms with Gasteiger partial charge in [-0.2, -0.15) is 0 Å². The van der Waals surface area contributed by atoms with E-state index in [1.165, 1.54) is 7.11 Å². The number of hydrogen-bond acceptors (Lipinski definition) is 3. The summed E-state index contributed by atoms with van der Waals surface area (Å²) >= 11 is 0. The van der Waals surface area contributed by atoms with E-state index < -0.39 is 11.9 Å². The maximum absolute atomic E-state index is 12.3. The molecule has 0 aliphatic heterocycles. The Morgan fingerprint density at radius 2 is 1.92 bits per heavy atom. The van der Waals surface area contributed by atoms with Gasteiger partial charge in [0.05, 0.1) is 18.6 Å². The quantitative estimate of drug-likeness (QED) is 0.820. The summed E-state index contributed by atoms with van der Waals surface area (Å²) < 4.78 is 5.15. The van der Waals surface area contributed by atoms with Crippen LogP contribution in [0, 0.1) is 12.8 Å². The van der Waals surface area contributed by atoms with Crippen LogP contribution in [0.3, 0.4) is 0 Å². The molecule has 0 bridgehead atoms. The fraction of sp³-hybridized carbons (Fsp3) is 0.263. The van der Waals surface area contributed by atoms with Gasteiger partial charge in [0.1, 0.15) is 5.75 Å². The van der Waals surface area contributed by atoms with Gasteiger partial charge in [-0.1, -0.05) is 42.0 Å². The standard InChI is InChI=1S/C19H21NO4/c1-13-6-5-7-14(10-13)11-15(19(22)23)12-20-18(21)16-8-3-4-9-17(16)24-2/h3-10,15H,11-12H2,1-2H3,(H,20,21)(H,22,23). The first-order valence-corrected chi connectivity index (χ1v) is 7.71. The molecule has 0 fully saturated rings. The van der Waals surface area contributed by atoms with Crippen LogP contribution in [0.4, 0.5) is 0 Å². The van der Waals surface area contributed by atoms with Gasteiger partial charge in [-0.05, 0) is 31.0 Å². The molecular formula is C19H21NO4. The van der Waals surface area contributed by atoms with Crippen molar-refractivity contribution in [3.8, 4) is 5.75 Å².